The molecule has 160 valence electrons. The molecule has 0 aliphatic carbocycles. The number of hydrogen-bond acceptors (Lipinski definition) is 6. The molecule has 0 radical (unpaired) electrons. The van der Waals surface area contributed by atoms with Crippen LogP contribution in [0.3, 0.4) is 0 Å². The van der Waals surface area contributed by atoms with E-state index in [4.69, 9.17) is 10.7 Å². The number of nitrogens with two attached hydrogens (primary N) is 1. The van der Waals surface area contributed by atoms with E-state index in [2.05, 4.69) is 52.1 Å². The standard InChI is InChI=1S/C24H33N5S/c1-27-13-10-20-21(16-27)30-24-22(20)23(25)29(17-26-24)12-5-11-28-14-8-19(9-15-28)18-6-3-2-4-7-18/h2-4,6-7,17,19,23H,5,8-16,25H2,1H3. The fraction of sp³-hybridized carbons (Fsp3) is 0.542. The van der Waals surface area contributed by atoms with Crippen LogP contribution in [0.4, 0.5) is 5.00 Å². The molecule has 4 heterocycles. The first-order chi connectivity index (χ1) is 14.7. The van der Waals surface area contributed by atoms with Crippen LogP contribution < -0.4 is 5.73 Å². The highest BCUT2D eigenvalue weighted by molar-refractivity contribution is 7.16. The summed E-state index contributed by atoms with van der Waals surface area (Å²) in [5.41, 5.74) is 11.0. The number of piperidine rings is 1. The summed E-state index contributed by atoms with van der Waals surface area (Å²) in [4.78, 5) is 13.5. The number of fused-ring (bicyclic) bond motifs is 3. The van der Waals surface area contributed by atoms with Crippen molar-refractivity contribution in [3.8, 4) is 0 Å². The molecule has 0 saturated carbocycles. The Labute approximate surface area is 184 Å². The molecule has 1 saturated heterocycles. The lowest BCUT2D eigenvalue weighted by molar-refractivity contribution is 0.199. The van der Waals surface area contributed by atoms with Gasteiger partial charge in [0.2, 0.25) is 0 Å². The van der Waals surface area contributed by atoms with Crippen molar-refractivity contribution in [2.75, 3.05) is 39.8 Å². The van der Waals surface area contributed by atoms with Gasteiger partial charge in [0.25, 0.3) is 0 Å². The van der Waals surface area contributed by atoms with Gasteiger partial charge in [0.05, 0.1) is 6.34 Å². The minimum atomic E-state index is -0.0373. The summed E-state index contributed by atoms with van der Waals surface area (Å²) < 4.78 is 0. The number of hydrogen-bond donors (Lipinski definition) is 1. The second-order valence-electron chi connectivity index (χ2n) is 9.02. The molecule has 6 heteroatoms. The molecular formula is C24H33N5S. The summed E-state index contributed by atoms with van der Waals surface area (Å²) in [6.07, 6.45) is 6.73. The van der Waals surface area contributed by atoms with E-state index >= 15 is 0 Å². The van der Waals surface area contributed by atoms with E-state index in [0.717, 1.165) is 49.9 Å². The molecule has 3 aliphatic rings. The highest BCUT2D eigenvalue weighted by atomic mass is 32.1. The fourth-order valence-corrected chi connectivity index (χ4v) is 6.50. The number of benzene rings is 1. The van der Waals surface area contributed by atoms with Gasteiger partial charge in [-0.25, -0.2) is 4.99 Å². The van der Waals surface area contributed by atoms with Crippen LogP contribution in [0.1, 0.15) is 52.9 Å². The van der Waals surface area contributed by atoms with Crippen LogP contribution in [0.2, 0.25) is 0 Å². The van der Waals surface area contributed by atoms with E-state index in [-0.39, 0.29) is 6.17 Å². The SMILES string of the molecule is CN1CCc2c(sc3c2C(N)N(CCCN2CCC(c4ccccc4)CC2)C=N3)C1. The molecule has 1 atom stereocenters. The molecule has 1 fully saturated rings. The van der Waals surface area contributed by atoms with Crippen molar-refractivity contribution >= 4 is 22.7 Å². The monoisotopic (exact) mass is 423 g/mol. The highest BCUT2D eigenvalue weighted by Crippen LogP contribution is 2.43. The number of thiophene rings is 1. The molecule has 1 unspecified atom stereocenters. The molecule has 2 N–H and O–H groups in total. The minimum Gasteiger partial charge on any atom is -0.343 e. The van der Waals surface area contributed by atoms with Crippen molar-refractivity contribution in [3.05, 3.63) is 51.9 Å². The number of nitrogens with zero attached hydrogens (tertiary/aromatic N) is 4. The molecule has 0 bridgehead atoms. The van der Waals surface area contributed by atoms with Crippen LogP contribution in [-0.4, -0.2) is 60.8 Å². The van der Waals surface area contributed by atoms with Gasteiger partial charge >= 0.3 is 0 Å². The average molecular weight is 424 g/mol. The van der Waals surface area contributed by atoms with Gasteiger partial charge < -0.3 is 20.4 Å². The maximum Gasteiger partial charge on any atom is 0.124 e. The highest BCUT2D eigenvalue weighted by Gasteiger charge is 2.30. The maximum atomic E-state index is 6.71. The Balaban J connectivity index is 1.12. The lowest BCUT2D eigenvalue weighted by atomic mass is 9.89. The Morgan fingerprint density at radius 1 is 1.10 bits per heavy atom. The molecule has 3 aliphatic heterocycles. The summed E-state index contributed by atoms with van der Waals surface area (Å²) in [6.45, 7) is 6.69. The van der Waals surface area contributed by atoms with Gasteiger partial charge in [0, 0.05) is 30.1 Å². The largest absolute Gasteiger partial charge is 0.343 e. The van der Waals surface area contributed by atoms with Crippen molar-refractivity contribution in [2.24, 2.45) is 10.7 Å². The number of likely N-dealkylation sites (tertiary alicyclic amines) is 1. The van der Waals surface area contributed by atoms with Crippen LogP contribution in [0.5, 0.6) is 0 Å². The molecule has 2 aromatic rings. The zero-order chi connectivity index (χ0) is 20.5. The van der Waals surface area contributed by atoms with Crippen molar-refractivity contribution in [3.63, 3.8) is 0 Å². The molecule has 30 heavy (non-hydrogen) atoms. The third-order valence-electron chi connectivity index (χ3n) is 6.99. The lowest BCUT2D eigenvalue weighted by Crippen LogP contribution is -2.39. The predicted molar refractivity (Wildman–Crippen MR) is 126 cm³/mol. The Bertz CT molecular complexity index is 885. The van der Waals surface area contributed by atoms with Crippen LogP contribution in [0, 0.1) is 0 Å². The topological polar surface area (TPSA) is 48.1 Å². The first-order valence-electron chi connectivity index (χ1n) is 11.3. The maximum absolute atomic E-state index is 6.71. The average Bonchev–Trinajstić information content (AvgIpc) is 3.14. The Morgan fingerprint density at radius 3 is 2.70 bits per heavy atom. The summed E-state index contributed by atoms with van der Waals surface area (Å²) in [5, 5.41) is 1.14. The van der Waals surface area contributed by atoms with E-state index in [0.29, 0.717) is 0 Å². The molecule has 0 spiro atoms. The van der Waals surface area contributed by atoms with E-state index < -0.39 is 0 Å². The van der Waals surface area contributed by atoms with Crippen molar-refractivity contribution in [1.29, 1.82) is 0 Å². The van der Waals surface area contributed by atoms with Crippen molar-refractivity contribution in [1.82, 2.24) is 14.7 Å². The smallest absolute Gasteiger partial charge is 0.124 e. The molecular weight excluding hydrogens is 390 g/mol. The minimum absolute atomic E-state index is 0.0373. The van der Waals surface area contributed by atoms with E-state index in [9.17, 15) is 0 Å². The fourth-order valence-electron chi connectivity index (χ4n) is 5.20. The number of rotatable bonds is 5. The van der Waals surface area contributed by atoms with Crippen LogP contribution in [-0.2, 0) is 13.0 Å². The normalized spacial score (nSPS) is 22.9. The van der Waals surface area contributed by atoms with Crippen molar-refractivity contribution in [2.45, 2.75) is 44.3 Å². The molecule has 5 nitrogen and oxygen atoms in total. The van der Waals surface area contributed by atoms with Gasteiger partial charge in [0.15, 0.2) is 0 Å². The van der Waals surface area contributed by atoms with Gasteiger partial charge in [-0.2, -0.15) is 0 Å². The van der Waals surface area contributed by atoms with Crippen LogP contribution in [0.15, 0.2) is 35.3 Å². The van der Waals surface area contributed by atoms with E-state index in [1.54, 1.807) is 0 Å². The van der Waals surface area contributed by atoms with Crippen molar-refractivity contribution < 1.29 is 0 Å². The Hall–Kier alpha value is -1.73. The molecule has 0 amide bonds. The van der Waals surface area contributed by atoms with Gasteiger partial charge in [-0.05, 0) is 69.4 Å². The summed E-state index contributed by atoms with van der Waals surface area (Å²) in [5.74, 6) is 0.729. The second kappa shape index (κ2) is 8.79. The third-order valence-corrected chi connectivity index (χ3v) is 8.14. The second-order valence-corrected chi connectivity index (χ2v) is 10.1. The number of likely N-dealkylation sites (N-methyl/N-ethyl adjacent to an activating group) is 1. The first kappa shape index (κ1) is 20.2. The van der Waals surface area contributed by atoms with Crippen LogP contribution in [0.25, 0.3) is 0 Å². The van der Waals surface area contributed by atoms with Gasteiger partial charge in [-0.1, -0.05) is 30.3 Å². The molecule has 1 aromatic heterocycles. The Kier molecular flexibility index (Phi) is 5.92. The summed E-state index contributed by atoms with van der Waals surface area (Å²) in [7, 11) is 2.19. The van der Waals surface area contributed by atoms with E-state index in [1.807, 2.05) is 17.7 Å². The van der Waals surface area contributed by atoms with E-state index in [1.165, 1.54) is 47.5 Å². The number of aliphatic imine (C=N–C) groups is 1. The summed E-state index contributed by atoms with van der Waals surface area (Å²) in [6, 6.07) is 11.0. The quantitative estimate of drug-likeness (QED) is 0.791. The van der Waals surface area contributed by atoms with Gasteiger partial charge in [0.1, 0.15) is 11.2 Å². The third kappa shape index (κ3) is 4.06. The van der Waals surface area contributed by atoms with Gasteiger partial charge in [-0.3, -0.25) is 0 Å². The zero-order valence-electron chi connectivity index (χ0n) is 18.0. The molecule has 5 rings (SSSR count). The lowest BCUT2D eigenvalue weighted by Gasteiger charge is -2.34. The van der Waals surface area contributed by atoms with Gasteiger partial charge in [-0.15, -0.1) is 11.3 Å². The van der Waals surface area contributed by atoms with Crippen LogP contribution >= 0.6 is 11.3 Å². The Morgan fingerprint density at radius 2 is 1.90 bits per heavy atom. The predicted octanol–water partition coefficient (Wildman–Crippen LogP) is 3.94. The first-order valence-corrected chi connectivity index (χ1v) is 12.2. The zero-order valence-corrected chi connectivity index (χ0v) is 18.8. The summed E-state index contributed by atoms with van der Waals surface area (Å²) >= 11 is 1.84. The molecule has 1 aromatic carbocycles.